The molecule has 0 saturated carbocycles. The second-order valence-electron chi connectivity index (χ2n) is 2.17. The lowest BCUT2D eigenvalue weighted by Gasteiger charge is -2.14. The van der Waals surface area contributed by atoms with Crippen molar-refractivity contribution in [3.8, 4) is 0 Å². The third kappa shape index (κ3) is 1.33. The fourth-order valence-electron chi connectivity index (χ4n) is 0.724. The van der Waals surface area contributed by atoms with Gasteiger partial charge >= 0.3 is 0 Å². The summed E-state index contributed by atoms with van der Waals surface area (Å²) in [6.07, 6.45) is 4.88. The lowest BCUT2D eigenvalue weighted by Crippen LogP contribution is -2.11. The van der Waals surface area contributed by atoms with Crippen molar-refractivity contribution < 1.29 is 4.39 Å². The Hall–Kier alpha value is -0.300. The molecule has 0 aromatic heterocycles. The first-order valence-corrected chi connectivity index (χ1v) is 3.33. The summed E-state index contributed by atoms with van der Waals surface area (Å²) in [5.74, 6) is -0.283. The normalized spacial score (nSPS) is 34.3. The van der Waals surface area contributed by atoms with Crippen LogP contribution in [-0.2, 0) is 0 Å². The van der Waals surface area contributed by atoms with Crippen LogP contribution < -0.4 is 0 Å². The van der Waals surface area contributed by atoms with Crippen LogP contribution in [0, 0.1) is 5.92 Å². The summed E-state index contributed by atoms with van der Waals surface area (Å²) in [6, 6.07) is 0. The molecule has 0 saturated heterocycles. The highest BCUT2D eigenvalue weighted by Gasteiger charge is 2.17. The van der Waals surface area contributed by atoms with E-state index in [2.05, 4.69) is 0 Å². The lowest BCUT2D eigenvalue weighted by atomic mass is 10.0. The van der Waals surface area contributed by atoms with Gasteiger partial charge in [0.25, 0.3) is 0 Å². The Kier molecular flexibility index (Phi) is 1.91. The van der Waals surface area contributed by atoms with Gasteiger partial charge in [-0.3, -0.25) is 0 Å². The van der Waals surface area contributed by atoms with Crippen LogP contribution in [0.15, 0.2) is 24.1 Å². The second kappa shape index (κ2) is 2.53. The number of hydrogen-bond donors (Lipinski definition) is 0. The molecule has 1 aliphatic rings. The van der Waals surface area contributed by atoms with Crippen molar-refractivity contribution in [3.05, 3.63) is 24.1 Å². The van der Waals surface area contributed by atoms with Crippen LogP contribution in [0.4, 0.5) is 4.39 Å². The molecule has 0 aromatic rings. The fraction of sp³-hybridized carbons (Fsp3) is 0.429. The standard InChI is InChI=1S/C7H8ClF/c1-5-6(8)3-2-4-7(5)9/h2-6H,1H3. The number of halogens is 2. The maximum atomic E-state index is 12.6. The molecule has 50 valence electrons. The Balaban J connectivity index is 2.73. The summed E-state index contributed by atoms with van der Waals surface area (Å²) in [5.41, 5.74) is 0. The van der Waals surface area contributed by atoms with Crippen molar-refractivity contribution >= 4 is 11.6 Å². The van der Waals surface area contributed by atoms with Crippen molar-refractivity contribution in [1.82, 2.24) is 0 Å². The van der Waals surface area contributed by atoms with Gasteiger partial charge in [-0.25, -0.2) is 4.39 Å². The van der Waals surface area contributed by atoms with Crippen molar-refractivity contribution in [2.24, 2.45) is 5.92 Å². The van der Waals surface area contributed by atoms with Crippen molar-refractivity contribution in [2.45, 2.75) is 12.3 Å². The minimum atomic E-state index is -0.171. The zero-order valence-electron chi connectivity index (χ0n) is 5.14. The maximum absolute atomic E-state index is 12.6. The van der Waals surface area contributed by atoms with Crippen LogP contribution >= 0.6 is 11.6 Å². The van der Waals surface area contributed by atoms with Gasteiger partial charge in [0, 0.05) is 5.92 Å². The molecule has 2 heteroatoms. The fourth-order valence-corrected chi connectivity index (χ4v) is 0.929. The van der Waals surface area contributed by atoms with Crippen molar-refractivity contribution in [2.75, 3.05) is 0 Å². The second-order valence-corrected chi connectivity index (χ2v) is 2.67. The van der Waals surface area contributed by atoms with E-state index >= 15 is 0 Å². The highest BCUT2D eigenvalue weighted by atomic mass is 35.5. The molecule has 0 fully saturated rings. The van der Waals surface area contributed by atoms with Gasteiger partial charge in [0.1, 0.15) is 5.83 Å². The minimum absolute atomic E-state index is 0.127. The number of alkyl halides is 1. The van der Waals surface area contributed by atoms with E-state index in [1.54, 1.807) is 19.1 Å². The molecule has 0 spiro atoms. The van der Waals surface area contributed by atoms with Gasteiger partial charge < -0.3 is 0 Å². The molecule has 0 amide bonds. The Morgan fingerprint density at radius 1 is 1.67 bits per heavy atom. The summed E-state index contributed by atoms with van der Waals surface area (Å²) in [4.78, 5) is 0. The third-order valence-electron chi connectivity index (χ3n) is 1.46. The van der Waals surface area contributed by atoms with E-state index in [0.29, 0.717) is 0 Å². The van der Waals surface area contributed by atoms with Gasteiger partial charge in [0.15, 0.2) is 0 Å². The van der Waals surface area contributed by atoms with Crippen LogP contribution in [0.1, 0.15) is 6.92 Å². The van der Waals surface area contributed by atoms with E-state index in [4.69, 9.17) is 11.6 Å². The molecule has 2 atom stereocenters. The molecule has 0 N–H and O–H groups in total. The number of hydrogen-bond acceptors (Lipinski definition) is 0. The summed E-state index contributed by atoms with van der Waals surface area (Å²) in [7, 11) is 0. The van der Waals surface area contributed by atoms with Crippen LogP contribution in [0.3, 0.4) is 0 Å². The van der Waals surface area contributed by atoms with Crippen molar-refractivity contribution in [3.63, 3.8) is 0 Å². The number of rotatable bonds is 0. The van der Waals surface area contributed by atoms with Gasteiger partial charge in [-0.2, -0.15) is 0 Å². The first kappa shape index (κ1) is 6.81. The van der Waals surface area contributed by atoms with E-state index < -0.39 is 0 Å². The maximum Gasteiger partial charge on any atom is 0.104 e. The van der Waals surface area contributed by atoms with Crippen molar-refractivity contribution in [1.29, 1.82) is 0 Å². The van der Waals surface area contributed by atoms with Crippen LogP contribution in [0.25, 0.3) is 0 Å². The first-order valence-electron chi connectivity index (χ1n) is 2.90. The molecule has 9 heavy (non-hydrogen) atoms. The van der Waals surface area contributed by atoms with E-state index in [0.717, 1.165) is 0 Å². The molecule has 0 nitrogen and oxygen atoms in total. The molecular formula is C7H8ClF. The molecule has 1 rings (SSSR count). The Labute approximate surface area is 59.0 Å². The van der Waals surface area contributed by atoms with Crippen LogP contribution in [0.5, 0.6) is 0 Å². The molecule has 0 radical (unpaired) electrons. The van der Waals surface area contributed by atoms with Gasteiger partial charge in [0.2, 0.25) is 0 Å². The Morgan fingerprint density at radius 3 is 2.78 bits per heavy atom. The highest BCUT2D eigenvalue weighted by Crippen LogP contribution is 2.24. The van der Waals surface area contributed by atoms with E-state index in [1.165, 1.54) is 6.08 Å². The van der Waals surface area contributed by atoms with Crippen LogP contribution in [0.2, 0.25) is 0 Å². The third-order valence-corrected chi connectivity index (χ3v) is 1.99. The molecule has 2 unspecified atom stereocenters. The van der Waals surface area contributed by atoms with Crippen LogP contribution in [-0.4, -0.2) is 5.38 Å². The topological polar surface area (TPSA) is 0 Å². The summed E-state index contributed by atoms with van der Waals surface area (Å²) in [5, 5.41) is -0.171. The number of allylic oxidation sites excluding steroid dienone is 4. The highest BCUT2D eigenvalue weighted by molar-refractivity contribution is 6.22. The van der Waals surface area contributed by atoms with E-state index in [9.17, 15) is 4.39 Å². The predicted octanol–water partition coefficient (Wildman–Crippen LogP) is 2.65. The molecule has 0 heterocycles. The summed E-state index contributed by atoms with van der Waals surface area (Å²) < 4.78 is 12.6. The van der Waals surface area contributed by atoms with Gasteiger partial charge in [0.05, 0.1) is 5.38 Å². The zero-order chi connectivity index (χ0) is 6.85. The lowest BCUT2D eigenvalue weighted by molar-refractivity contribution is 0.495. The first-order chi connectivity index (χ1) is 4.22. The van der Waals surface area contributed by atoms with Gasteiger partial charge in [-0.05, 0) is 6.08 Å². The smallest absolute Gasteiger partial charge is 0.104 e. The average molecular weight is 147 g/mol. The zero-order valence-corrected chi connectivity index (χ0v) is 5.90. The molecular weight excluding hydrogens is 139 g/mol. The predicted molar refractivity (Wildman–Crippen MR) is 37.1 cm³/mol. The Morgan fingerprint density at radius 2 is 2.33 bits per heavy atom. The SMILES string of the molecule is CC1C(F)=CC=CC1Cl. The molecule has 0 aliphatic heterocycles. The summed E-state index contributed by atoms with van der Waals surface area (Å²) in [6.45, 7) is 1.77. The van der Waals surface area contributed by atoms with E-state index in [1.807, 2.05) is 0 Å². The average Bonchev–Trinajstić information content (AvgIpc) is 1.83. The summed E-state index contributed by atoms with van der Waals surface area (Å²) >= 11 is 5.69. The molecule has 0 bridgehead atoms. The minimum Gasteiger partial charge on any atom is -0.211 e. The van der Waals surface area contributed by atoms with Gasteiger partial charge in [-0.15, -0.1) is 11.6 Å². The monoisotopic (exact) mass is 146 g/mol. The Bertz CT molecular complexity index is 160. The quantitative estimate of drug-likeness (QED) is 0.461. The largest absolute Gasteiger partial charge is 0.211 e. The molecule has 0 aromatic carbocycles. The van der Waals surface area contributed by atoms with E-state index in [-0.39, 0.29) is 17.1 Å². The molecule has 1 aliphatic carbocycles. The van der Waals surface area contributed by atoms with Gasteiger partial charge in [-0.1, -0.05) is 19.1 Å².